The number of ketones is 1. The number of nitrogens with one attached hydrogen (secondary N) is 1. The second-order valence-corrected chi connectivity index (χ2v) is 7.86. The van der Waals surface area contributed by atoms with Gasteiger partial charge in [-0.15, -0.1) is 11.3 Å². The number of rotatable bonds is 8. The molecule has 0 bridgehead atoms. The molecule has 1 heterocycles. The maximum absolute atomic E-state index is 12.0. The van der Waals surface area contributed by atoms with Crippen molar-refractivity contribution in [1.29, 1.82) is 5.26 Å². The van der Waals surface area contributed by atoms with Crippen LogP contribution in [0.3, 0.4) is 0 Å². The Bertz CT molecular complexity index is 899. The molecule has 2 aromatic rings. The van der Waals surface area contributed by atoms with Gasteiger partial charge in [0.1, 0.15) is 5.40 Å². The highest BCUT2D eigenvalue weighted by Gasteiger charge is 2.13. The number of thiophene rings is 1. The van der Waals surface area contributed by atoms with Crippen molar-refractivity contribution in [2.24, 2.45) is 0 Å². The highest BCUT2D eigenvalue weighted by atomic mass is 32.2. The molecule has 0 aliphatic heterocycles. The van der Waals surface area contributed by atoms with Gasteiger partial charge in [-0.25, -0.2) is 0 Å². The molecule has 0 atom stereocenters. The van der Waals surface area contributed by atoms with Crippen LogP contribution in [-0.2, 0) is 14.3 Å². The number of Topliss-reactive ketones (excluding diaryl/α,β-unsaturated/α-hetero) is 1. The predicted octanol–water partition coefficient (Wildman–Crippen LogP) is 4.08. The quantitative estimate of drug-likeness (QED) is 0.309. The van der Waals surface area contributed by atoms with E-state index in [2.05, 4.69) is 5.32 Å². The van der Waals surface area contributed by atoms with E-state index in [0.717, 1.165) is 27.1 Å². The summed E-state index contributed by atoms with van der Waals surface area (Å²) in [5, 5.41) is 13.3. The summed E-state index contributed by atoms with van der Waals surface area (Å²) >= 11 is 2.42. The molecule has 0 saturated heterocycles. The number of anilines is 1. The summed E-state index contributed by atoms with van der Waals surface area (Å²) in [6, 6.07) is 8.79. The molecular formula is C19H18N2O4S2. The molecule has 1 N–H and O–H groups in total. The third kappa shape index (κ3) is 6.55. The Kier molecular flexibility index (Phi) is 7.58. The van der Waals surface area contributed by atoms with Crippen LogP contribution >= 0.6 is 23.1 Å². The van der Waals surface area contributed by atoms with Gasteiger partial charge >= 0.3 is 5.97 Å². The van der Waals surface area contributed by atoms with Gasteiger partial charge < -0.3 is 10.1 Å². The smallest absolute Gasteiger partial charge is 0.306 e. The van der Waals surface area contributed by atoms with E-state index < -0.39 is 18.5 Å². The number of carbonyl (C=O) groups excluding carboxylic acids is 3. The summed E-state index contributed by atoms with van der Waals surface area (Å²) in [4.78, 5) is 38.1. The third-order valence-corrected chi connectivity index (χ3v) is 5.19. The van der Waals surface area contributed by atoms with Crippen molar-refractivity contribution in [2.45, 2.75) is 31.6 Å². The lowest BCUT2D eigenvalue weighted by Crippen LogP contribution is -2.21. The van der Waals surface area contributed by atoms with E-state index in [-0.39, 0.29) is 18.6 Å². The summed E-state index contributed by atoms with van der Waals surface area (Å²) in [6.07, 6.45) is -0.0142. The van der Waals surface area contributed by atoms with E-state index >= 15 is 0 Å². The molecular weight excluding hydrogens is 384 g/mol. The molecule has 6 nitrogen and oxygen atoms in total. The maximum atomic E-state index is 12.0. The number of benzene rings is 1. The van der Waals surface area contributed by atoms with Gasteiger partial charge in [-0.05, 0) is 61.5 Å². The average molecular weight is 402 g/mol. The van der Waals surface area contributed by atoms with E-state index in [9.17, 15) is 14.4 Å². The Morgan fingerprint density at radius 1 is 1.19 bits per heavy atom. The third-order valence-electron chi connectivity index (χ3n) is 3.57. The number of nitriles is 1. The van der Waals surface area contributed by atoms with Crippen molar-refractivity contribution < 1.29 is 19.1 Å². The van der Waals surface area contributed by atoms with E-state index in [1.165, 1.54) is 11.3 Å². The van der Waals surface area contributed by atoms with E-state index in [1.54, 1.807) is 31.2 Å². The first-order valence-electron chi connectivity index (χ1n) is 8.10. The van der Waals surface area contributed by atoms with Crippen LogP contribution in [0.25, 0.3) is 0 Å². The van der Waals surface area contributed by atoms with Gasteiger partial charge in [0, 0.05) is 21.9 Å². The molecule has 0 aliphatic rings. The lowest BCUT2D eigenvalue weighted by atomic mass is 10.2. The van der Waals surface area contributed by atoms with Crippen LogP contribution in [0.15, 0.2) is 35.2 Å². The Morgan fingerprint density at radius 2 is 1.96 bits per heavy atom. The van der Waals surface area contributed by atoms with Crippen LogP contribution in [0.5, 0.6) is 0 Å². The van der Waals surface area contributed by atoms with Crippen LogP contribution in [0.1, 0.15) is 33.0 Å². The normalized spacial score (nSPS) is 10.1. The Hall–Kier alpha value is -2.63. The number of esters is 1. The number of aryl methyl sites for hydroxylation is 2. The van der Waals surface area contributed by atoms with Gasteiger partial charge in [0.15, 0.2) is 12.4 Å². The largest absolute Gasteiger partial charge is 0.456 e. The Labute approximate surface area is 165 Å². The number of amides is 1. The second-order valence-electron chi connectivity index (χ2n) is 5.71. The average Bonchev–Trinajstić information content (AvgIpc) is 3.07. The van der Waals surface area contributed by atoms with Gasteiger partial charge in [-0.2, -0.15) is 5.26 Å². The lowest BCUT2D eigenvalue weighted by molar-refractivity contribution is -0.147. The molecule has 0 fully saturated rings. The number of thioether (sulfide) groups is 1. The molecule has 0 unspecified atom stereocenters. The molecule has 2 rings (SSSR count). The minimum atomic E-state index is -0.593. The summed E-state index contributed by atoms with van der Waals surface area (Å²) in [5.74, 6) is -1.17. The highest BCUT2D eigenvalue weighted by molar-refractivity contribution is 8.03. The fraction of sp³-hybridized carbons (Fsp3) is 0.263. The van der Waals surface area contributed by atoms with Crippen molar-refractivity contribution in [3.8, 4) is 5.40 Å². The van der Waals surface area contributed by atoms with E-state index in [1.807, 2.05) is 18.4 Å². The van der Waals surface area contributed by atoms with Gasteiger partial charge in [-0.1, -0.05) is 0 Å². The first-order valence-corrected chi connectivity index (χ1v) is 9.74. The minimum Gasteiger partial charge on any atom is -0.456 e. The minimum absolute atomic E-state index is 0.0531. The van der Waals surface area contributed by atoms with Gasteiger partial charge in [0.05, 0.1) is 11.3 Å². The first-order chi connectivity index (χ1) is 12.9. The van der Waals surface area contributed by atoms with E-state index in [4.69, 9.17) is 10.00 Å². The van der Waals surface area contributed by atoms with Crippen molar-refractivity contribution in [3.63, 3.8) is 0 Å². The molecule has 1 aromatic heterocycles. The van der Waals surface area contributed by atoms with Crippen LogP contribution in [0.4, 0.5) is 5.69 Å². The van der Waals surface area contributed by atoms with Gasteiger partial charge in [0.25, 0.3) is 5.91 Å². The molecule has 27 heavy (non-hydrogen) atoms. The standard InChI is InChI=1S/C19H18N2O4S2/c1-12-9-14(26-11-20)4-5-15(12)21-18(23)10-25-19(24)8-6-16(22)17-7-3-13(2)27-17/h3-5,7,9H,6,8,10H2,1-2H3,(H,21,23). The van der Waals surface area contributed by atoms with Crippen LogP contribution in [-0.4, -0.2) is 24.3 Å². The number of hydrogen-bond donors (Lipinski definition) is 1. The number of nitrogens with zero attached hydrogens (tertiary/aromatic N) is 1. The van der Waals surface area contributed by atoms with Crippen molar-refractivity contribution >= 4 is 46.4 Å². The fourth-order valence-electron chi connectivity index (χ4n) is 2.22. The molecule has 1 aromatic carbocycles. The second kappa shape index (κ2) is 9.90. The number of hydrogen-bond acceptors (Lipinski definition) is 7. The van der Waals surface area contributed by atoms with Gasteiger partial charge in [-0.3, -0.25) is 14.4 Å². The Morgan fingerprint density at radius 3 is 2.59 bits per heavy atom. The highest BCUT2D eigenvalue weighted by Crippen LogP contribution is 2.23. The number of ether oxygens (including phenoxy) is 1. The molecule has 140 valence electrons. The first kappa shape index (κ1) is 20.7. The number of carbonyl (C=O) groups is 3. The topological polar surface area (TPSA) is 96.3 Å². The summed E-state index contributed by atoms with van der Waals surface area (Å²) < 4.78 is 4.92. The molecule has 8 heteroatoms. The predicted molar refractivity (Wildman–Crippen MR) is 105 cm³/mol. The zero-order valence-corrected chi connectivity index (χ0v) is 16.5. The van der Waals surface area contributed by atoms with Gasteiger partial charge in [0.2, 0.25) is 0 Å². The fourth-order valence-corrected chi connectivity index (χ4v) is 3.53. The SMILES string of the molecule is Cc1ccc(C(=O)CCC(=O)OCC(=O)Nc2ccc(SC#N)cc2C)s1. The van der Waals surface area contributed by atoms with Crippen LogP contribution < -0.4 is 5.32 Å². The van der Waals surface area contributed by atoms with Crippen molar-refractivity contribution in [2.75, 3.05) is 11.9 Å². The molecule has 1 amide bonds. The Balaban J connectivity index is 1.75. The summed E-state index contributed by atoms with van der Waals surface area (Å²) in [5.41, 5.74) is 1.38. The summed E-state index contributed by atoms with van der Waals surface area (Å²) in [6.45, 7) is 3.30. The zero-order valence-electron chi connectivity index (χ0n) is 14.9. The van der Waals surface area contributed by atoms with Crippen molar-refractivity contribution in [3.05, 3.63) is 45.6 Å². The lowest BCUT2D eigenvalue weighted by Gasteiger charge is -2.09. The monoisotopic (exact) mass is 402 g/mol. The van der Waals surface area contributed by atoms with E-state index in [0.29, 0.717) is 10.6 Å². The maximum Gasteiger partial charge on any atom is 0.306 e. The van der Waals surface area contributed by atoms with Crippen molar-refractivity contribution in [1.82, 2.24) is 0 Å². The molecule has 0 aliphatic carbocycles. The summed E-state index contributed by atoms with van der Waals surface area (Å²) in [7, 11) is 0. The molecule has 0 spiro atoms. The molecule has 0 saturated carbocycles. The zero-order chi connectivity index (χ0) is 19.8. The number of thiocyanates is 1. The van der Waals surface area contributed by atoms with Crippen LogP contribution in [0.2, 0.25) is 0 Å². The van der Waals surface area contributed by atoms with Crippen LogP contribution in [0, 0.1) is 24.5 Å². The molecule has 0 radical (unpaired) electrons.